The van der Waals surface area contributed by atoms with Gasteiger partial charge in [-0.1, -0.05) is 6.07 Å². The molecule has 24 heavy (non-hydrogen) atoms. The number of carbonyl (C=O) groups is 1. The van der Waals surface area contributed by atoms with E-state index >= 15 is 0 Å². The van der Waals surface area contributed by atoms with E-state index in [2.05, 4.69) is 20.9 Å². The lowest BCUT2D eigenvalue weighted by molar-refractivity contribution is 0.0298. The van der Waals surface area contributed by atoms with Crippen molar-refractivity contribution in [3.05, 3.63) is 72.7 Å². The summed E-state index contributed by atoms with van der Waals surface area (Å²) in [6.07, 6.45) is 13.2. The van der Waals surface area contributed by atoms with Crippen molar-refractivity contribution in [2.45, 2.75) is 12.5 Å². The van der Waals surface area contributed by atoms with E-state index in [-0.39, 0.29) is 6.42 Å². The maximum Gasteiger partial charge on any atom is 0.340 e. The molecule has 0 fully saturated rings. The van der Waals surface area contributed by atoms with Gasteiger partial charge in [-0.2, -0.15) is 0 Å². The maximum absolute atomic E-state index is 12.3. The number of pyridine rings is 2. The number of rotatable bonds is 5. The van der Waals surface area contributed by atoms with Crippen LogP contribution in [0.4, 0.5) is 0 Å². The molecule has 3 heterocycles. The van der Waals surface area contributed by atoms with E-state index in [1.165, 1.54) is 6.20 Å². The fraction of sp³-hybridized carbons (Fsp3) is 0.111. The van der Waals surface area contributed by atoms with Gasteiger partial charge in [-0.3, -0.25) is 9.55 Å². The smallest absolute Gasteiger partial charge is 0.340 e. The van der Waals surface area contributed by atoms with Gasteiger partial charge in [0.25, 0.3) is 0 Å². The van der Waals surface area contributed by atoms with Gasteiger partial charge < -0.3 is 4.74 Å². The largest absolute Gasteiger partial charge is 0.451 e. The monoisotopic (exact) mass is 318 g/mol. The summed E-state index contributed by atoms with van der Waals surface area (Å²) in [7, 11) is 0. The number of ether oxygens (including phenoxy) is 1. The number of aromatic nitrogens is 4. The van der Waals surface area contributed by atoms with Gasteiger partial charge in [0.05, 0.1) is 17.7 Å². The molecule has 0 saturated carbocycles. The minimum atomic E-state index is -0.586. The standard InChI is InChI=1S/C18H14N4O2/c1-2-5-16(15-6-3-4-9-20-15)24-18(23)14-7-8-17(21-12-14)22-11-10-19-13-22/h1,3-4,6-13,16H,5H2. The lowest BCUT2D eigenvalue weighted by atomic mass is 10.1. The Balaban J connectivity index is 1.75. The fourth-order valence-electron chi connectivity index (χ4n) is 2.13. The lowest BCUT2D eigenvalue weighted by Crippen LogP contribution is -2.13. The fourth-order valence-corrected chi connectivity index (χ4v) is 2.13. The Labute approximate surface area is 139 Å². The highest BCUT2D eigenvalue weighted by Crippen LogP contribution is 2.20. The summed E-state index contributed by atoms with van der Waals surface area (Å²) >= 11 is 0. The maximum atomic E-state index is 12.3. The van der Waals surface area contributed by atoms with Crippen molar-refractivity contribution in [1.82, 2.24) is 19.5 Å². The van der Waals surface area contributed by atoms with Crippen LogP contribution in [0.5, 0.6) is 0 Å². The van der Waals surface area contributed by atoms with Crippen LogP contribution in [0.1, 0.15) is 28.6 Å². The Kier molecular flexibility index (Phi) is 4.63. The van der Waals surface area contributed by atoms with Crippen LogP contribution in [0.25, 0.3) is 5.82 Å². The zero-order chi connectivity index (χ0) is 16.8. The molecule has 0 aliphatic carbocycles. The van der Waals surface area contributed by atoms with E-state index in [1.807, 2.05) is 6.07 Å². The number of hydrogen-bond acceptors (Lipinski definition) is 5. The second-order valence-corrected chi connectivity index (χ2v) is 4.93. The first-order chi connectivity index (χ1) is 11.8. The highest BCUT2D eigenvalue weighted by Gasteiger charge is 2.18. The third-order valence-electron chi connectivity index (χ3n) is 3.32. The van der Waals surface area contributed by atoms with Gasteiger partial charge in [0, 0.05) is 24.8 Å². The summed E-state index contributed by atoms with van der Waals surface area (Å²) in [5.41, 5.74) is 0.962. The molecule has 3 rings (SSSR count). The van der Waals surface area contributed by atoms with Crippen molar-refractivity contribution < 1.29 is 9.53 Å². The van der Waals surface area contributed by atoms with Crippen LogP contribution in [0.15, 0.2) is 61.4 Å². The number of terminal acetylenes is 1. The van der Waals surface area contributed by atoms with Gasteiger partial charge in [-0.15, -0.1) is 12.3 Å². The van der Waals surface area contributed by atoms with E-state index < -0.39 is 12.1 Å². The van der Waals surface area contributed by atoms with Crippen molar-refractivity contribution in [3.63, 3.8) is 0 Å². The van der Waals surface area contributed by atoms with Crippen molar-refractivity contribution >= 4 is 5.97 Å². The summed E-state index contributed by atoms with van der Waals surface area (Å²) in [4.78, 5) is 24.7. The molecule has 1 unspecified atom stereocenters. The van der Waals surface area contributed by atoms with Crippen LogP contribution in [0.3, 0.4) is 0 Å². The van der Waals surface area contributed by atoms with Crippen LogP contribution in [0.2, 0.25) is 0 Å². The summed E-state index contributed by atoms with van der Waals surface area (Å²) in [5.74, 6) is 2.67. The predicted molar refractivity (Wildman–Crippen MR) is 87.2 cm³/mol. The highest BCUT2D eigenvalue weighted by molar-refractivity contribution is 5.89. The second kappa shape index (κ2) is 7.20. The Morgan fingerprint density at radius 3 is 2.79 bits per heavy atom. The molecule has 6 heteroatoms. The minimum Gasteiger partial charge on any atom is -0.451 e. The third kappa shape index (κ3) is 3.47. The van der Waals surface area contributed by atoms with Crippen molar-refractivity contribution in [2.24, 2.45) is 0 Å². The van der Waals surface area contributed by atoms with Gasteiger partial charge in [0.2, 0.25) is 0 Å². The summed E-state index contributed by atoms with van der Waals surface area (Å²) in [5, 5.41) is 0. The van der Waals surface area contributed by atoms with Gasteiger partial charge in [0.15, 0.2) is 6.10 Å². The van der Waals surface area contributed by atoms with Gasteiger partial charge in [-0.25, -0.2) is 14.8 Å². The van der Waals surface area contributed by atoms with Crippen molar-refractivity contribution in [2.75, 3.05) is 0 Å². The average Bonchev–Trinajstić information content (AvgIpc) is 3.17. The lowest BCUT2D eigenvalue weighted by Gasteiger charge is -2.15. The Morgan fingerprint density at radius 2 is 2.17 bits per heavy atom. The van der Waals surface area contributed by atoms with Gasteiger partial charge in [-0.05, 0) is 24.3 Å². The number of nitrogens with zero attached hydrogens (tertiary/aromatic N) is 4. The summed E-state index contributed by atoms with van der Waals surface area (Å²) < 4.78 is 7.23. The van der Waals surface area contributed by atoms with Crippen LogP contribution < -0.4 is 0 Å². The zero-order valence-electron chi connectivity index (χ0n) is 12.7. The molecular weight excluding hydrogens is 304 g/mol. The van der Waals surface area contributed by atoms with Crippen LogP contribution in [-0.2, 0) is 4.74 Å². The Morgan fingerprint density at radius 1 is 1.25 bits per heavy atom. The third-order valence-corrected chi connectivity index (χ3v) is 3.32. The predicted octanol–water partition coefficient (Wildman–Crippen LogP) is 2.58. The van der Waals surface area contributed by atoms with Crippen LogP contribution in [0, 0.1) is 12.3 Å². The molecule has 0 aliphatic heterocycles. The van der Waals surface area contributed by atoms with E-state index in [0.717, 1.165) is 0 Å². The molecule has 0 aliphatic rings. The second-order valence-electron chi connectivity index (χ2n) is 4.93. The van der Waals surface area contributed by atoms with E-state index in [4.69, 9.17) is 11.2 Å². The molecule has 0 amide bonds. The van der Waals surface area contributed by atoms with E-state index in [0.29, 0.717) is 17.1 Å². The highest BCUT2D eigenvalue weighted by atomic mass is 16.5. The summed E-state index contributed by atoms with van der Waals surface area (Å²) in [6, 6.07) is 8.75. The van der Waals surface area contributed by atoms with E-state index in [9.17, 15) is 4.79 Å². The van der Waals surface area contributed by atoms with Gasteiger partial charge in [0.1, 0.15) is 12.1 Å². The zero-order valence-corrected chi connectivity index (χ0v) is 12.7. The summed E-state index contributed by atoms with van der Waals surface area (Å²) in [6.45, 7) is 0. The molecule has 118 valence electrons. The van der Waals surface area contributed by atoms with E-state index in [1.54, 1.807) is 53.8 Å². The van der Waals surface area contributed by atoms with Crippen LogP contribution >= 0.6 is 0 Å². The minimum absolute atomic E-state index is 0.253. The molecule has 0 spiro atoms. The number of carbonyl (C=O) groups excluding carboxylic acids is 1. The molecule has 6 nitrogen and oxygen atoms in total. The van der Waals surface area contributed by atoms with Crippen molar-refractivity contribution in [3.8, 4) is 18.2 Å². The Bertz CT molecular complexity index is 837. The molecule has 0 N–H and O–H groups in total. The number of hydrogen-bond donors (Lipinski definition) is 0. The molecule has 3 aromatic rings. The first kappa shape index (κ1) is 15.4. The molecule has 3 aromatic heterocycles. The topological polar surface area (TPSA) is 69.9 Å². The molecule has 0 bridgehead atoms. The van der Waals surface area contributed by atoms with Crippen molar-refractivity contribution in [1.29, 1.82) is 0 Å². The number of esters is 1. The van der Waals surface area contributed by atoms with Gasteiger partial charge >= 0.3 is 5.97 Å². The first-order valence-corrected chi connectivity index (χ1v) is 7.27. The molecule has 0 radical (unpaired) electrons. The molecule has 1 atom stereocenters. The molecular formula is C18H14N4O2. The Hall–Kier alpha value is -3.46. The quantitative estimate of drug-likeness (QED) is 0.534. The molecule has 0 aromatic carbocycles. The SMILES string of the molecule is C#CCC(OC(=O)c1ccc(-n2ccnc2)nc1)c1ccccn1. The normalized spacial score (nSPS) is 11.5. The number of imidazole rings is 1. The van der Waals surface area contributed by atoms with Crippen LogP contribution in [-0.4, -0.2) is 25.5 Å². The molecule has 0 saturated heterocycles. The first-order valence-electron chi connectivity index (χ1n) is 7.27. The average molecular weight is 318 g/mol.